The number of hydrogen-bond donors (Lipinski definition) is 0. The summed E-state index contributed by atoms with van der Waals surface area (Å²) in [5.74, 6) is 1.37. The Hall–Kier alpha value is -2.40. The molecule has 8 nitrogen and oxygen atoms in total. The number of halogens is 1. The predicted molar refractivity (Wildman–Crippen MR) is 151 cm³/mol. The monoisotopic (exact) mass is 591 g/mol. The molecule has 0 radical (unpaired) electrons. The molecule has 0 N–H and O–H groups in total. The lowest BCUT2D eigenvalue weighted by molar-refractivity contribution is 0.0376. The maximum absolute atomic E-state index is 14.1. The molecule has 1 aliphatic heterocycles. The largest absolute Gasteiger partial charge is 0.490 e. The third-order valence-corrected chi connectivity index (χ3v) is 7.47. The summed E-state index contributed by atoms with van der Waals surface area (Å²) in [6.07, 6.45) is 0.818. The molecular weight excluding hydrogens is 558 g/mol. The summed E-state index contributed by atoms with van der Waals surface area (Å²) in [7, 11) is 0. The van der Waals surface area contributed by atoms with Crippen LogP contribution in [0, 0.1) is 0 Å². The van der Waals surface area contributed by atoms with Crippen molar-refractivity contribution in [1.82, 2.24) is 9.88 Å². The van der Waals surface area contributed by atoms with E-state index < -0.39 is 0 Å². The van der Waals surface area contributed by atoms with Crippen molar-refractivity contribution in [3.05, 3.63) is 40.4 Å². The summed E-state index contributed by atoms with van der Waals surface area (Å²) in [5.41, 5.74) is 1.34. The number of thiazole rings is 1. The van der Waals surface area contributed by atoms with Crippen molar-refractivity contribution >= 4 is 48.5 Å². The van der Waals surface area contributed by atoms with Gasteiger partial charge < -0.3 is 18.9 Å². The minimum Gasteiger partial charge on any atom is -0.490 e. The van der Waals surface area contributed by atoms with Gasteiger partial charge in [-0.15, -0.1) is 0 Å². The molecule has 4 rings (SSSR count). The second-order valence-corrected chi connectivity index (χ2v) is 10.4. The third-order valence-electron chi connectivity index (χ3n) is 5.93. The molecule has 1 saturated heterocycles. The fourth-order valence-electron chi connectivity index (χ4n) is 4.23. The number of nitrogens with zero attached hydrogens (tertiary/aromatic N) is 3. The van der Waals surface area contributed by atoms with E-state index in [4.69, 9.17) is 23.9 Å². The minimum absolute atomic E-state index is 0.148. The van der Waals surface area contributed by atoms with E-state index in [1.165, 1.54) is 11.3 Å². The SMILES string of the molecule is CCOc1cc(C(=O)N(CCCN2CCOCC2)c2nc3ccc(Br)cc3s2)cc(OCC)c1OCC. The van der Waals surface area contributed by atoms with Crippen LogP contribution in [0.25, 0.3) is 10.2 Å². The molecule has 0 saturated carbocycles. The number of carbonyl (C=O) groups excluding carboxylic acids is 1. The highest BCUT2D eigenvalue weighted by Gasteiger charge is 2.25. The average Bonchev–Trinajstić information content (AvgIpc) is 3.31. The Bertz CT molecular complexity index is 1170. The number of ether oxygens (including phenoxy) is 4. The first-order valence-corrected chi connectivity index (χ1v) is 14.4. The predicted octanol–water partition coefficient (Wildman–Crippen LogP) is 5.62. The van der Waals surface area contributed by atoms with Gasteiger partial charge in [0.1, 0.15) is 0 Å². The van der Waals surface area contributed by atoms with Crippen molar-refractivity contribution in [2.24, 2.45) is 0 Å². The minimum atomic E-state index is -0.148. The summed E-state index contributed by atoms with van der Waals surface area (Å²) >= 11 is 5.05. The van der Waals surface area contributed by atoms with Crippen molar-refractivity contribution in [2.45, 2.75) is 27.2 Å². The Morgan fingerprint density at radius 1 is 1.05 bits per heavy atom. The lowest BCUT2D eigenvalue weighted by atomic mass is 10.1. The Kier molecular flexibility index (Phi) is 10.0. The van der Waals surface area contributed by atoms with Gasteiger partial charge in [-0.2, -0.15) is 0 Å². The maximum atomic E-state index is 14.1. The van der Waals surface area contributed by atoms with Crippen LogP contribution in [0.3, 0.4) is 0 Å². The van der Waals surface area contributed by atoms with E-state index in [1.807, 2.05) is 39.0 Å². The van der Waals surface area contributed by atoms with Crippen LogP contribution >= 0.6 is 27.3 Å². The molecule has 2 aromatic carbocycles. The van der Waals surface area contributed by atoms with Crippen molar-refractivity contribution in [3.8, 4) is 17.2 Å². The Balaban J connectivity index is 1.67. The fourth-order valence-corrected chi connectivity index (χ4v) is 5.77. The molecule has 1 aliphatic rings. The maximum Gasteiger partial charge on any atom is 0.260 e. The number of carbonyl (C=O) groups is 1. The molecule has 0 spiro atoms. The molecule has 0 aliphatic carbocycles. The van der Waals surface area contributed by atoms with Crippen LogP contribution in [0.15, 0.2) is 34.8 Å². The zero-order valence-electron chi connectivity index (χ0n) is 21.6. The molecule has 0 unspecified atom stereocenters. The molecular formula is C27H34BrN3O5S. The highest BCUT2D eigenvalue weighted by molar-refractivity contribution is 9.10. The Morgan fingerprint density at radius 2 is 1.73 bits per heavy atom. The van der Waals surface area contributed by atoms with Gasteiger partial charge >= 0.3 is 0 Å². The van der Waals surface area contributed by atoms with Gasteiger partial charge in [-0.25, -0.2) is 4.98 Å². The van der Waals surface area contributed by atoms with Crippen LogP contribution in [-0.4, -0.2) is 75.0 Å². The van der Waals surface area contributed by atoms with E-state index in [2.05, 4.69) is 20.8 Å². The van der Waals surface area contributed by atoms with Gasteiger partial charge in [0.2, 0.25) is 5.75 Å². The van der Waals surface area contributed by atoms with Crippen LogP contribution in [0.4, 0.5) is 5.13 Å². The first-order valence-electron chi connectivity index (χ1n) is 12.8. The van der Waals surface area contributed by atoms with Crippen LogP contribution in [0.2, 0.25) is 0 Å². The third kappa shape index (κ3) is 6.93. The van der Waals surface area contributed by atoms with Gasteiger partial charge in [-0.1, -0.05) is 27.3 Å². The van der Waals surface area contributed by atoms with Gasteiger partial charge in [0, 0.05) is 36.2 Å². The van der Waals surface area contributed by atoms with Gasteiger partial charge in [-0.3, -0.25) is 14.6 Å². The number of benzene rings is 2. The lowest BCUT2D eigenvalue weighted by Crippen LogP contribution is -2.39. The summed E-state index contributed by atoms with van der Waals surface area (Å²) in [5, 5.41) is 0.671. The molecule has 1 amide bonds. The zero-order valence-corrected chi connectivity index (χ0v) is 24.0. The summed E-state index contributed by atoms with van der Waals surface area (Å²) in [6, 6.07) is 9.46. The van der Waals surface area contributed by atoms with Crippen molar-refractivity contribution in [2.75, 3.05) is 64.1 Å². The average molecular weight is 593 g/mol. The zero-order chi connectivity index (χ0) is 26.2. The quantitative estimate of drug-likeness (QED) is 0.270. The van der Waals surface area contributed by atoms with E-state index in [1.54, 1.807) is 17.0 Å². The van der Waals surface area contributed by atoms with Crippen LogP contribution in [0.5, 0.6) is 17.2 Å². The number of amides is 1. The second-order valence-electron chi connectivity index (χ2n) is 8.47. The number of rotatable bonds is 12. The van der Waals surface area contributed by atoms with E-state index in [0.717, 1.165) is 54.0 Å². The number of fused-ring (bicyclic) bond motifs is 1. The molecule has 10 heteroatoms. The van der Waals surface area contributed by atoms with Gasteiger partial charge in [-0.05, 0) is 57.5 Å². The lowest BCUT2D eigenvalue weighted by Gasteiger charge is -2.28. The Morgan fingerprint density at radius 3 is 2.38 bits per heavy atom. The van der Waals surface area contributed by atoms with E-state index in [-0.39, 0.29) is 5.91 Å². The van der Waals surface area contributed by atoms with Crippen LogP contribution in [-0.2, 0) is 4.74 Å². The molecule has 3 aromatic rings. The van der Waals surface area contributed by atoms with Crippen molar-refractivity contribution in [1.29, 1.82) is 0 Å². The van der Waals surface area contributed by atoms with Crippen molar-refractivity contribution < 1.29 is 23.7 Å². The first-order chi connectivity index (χ1) is 18.0. The van der Waals surface area contributed by atoms with Crippen molar-refractivity contribution in [3.63, 3.8) is 0 Å². The van der Waals surface area contributed by atoms with Gasteiger partial charge in [0.25, 0.3) is 5.91 Å². The molecule has 2 heterocycles. The van der Waals surface area contributed by atoms with E-state index in [0.29, 0.717) is 54.3 Å². The summed E-state index contributed by atoms with van der Waals surface area (Å²) < 4.78 is 25.0. The molecule has 0 bridgehead atoms. The molecule has 37 heavy (non-hydrogen) atoms. The summed E-state index contributed by atoms with van der Waals surface area (Å²) in [4.78, 5) is 23.0. The number of hydrogen-bond acceptors (Lipinski definition) is 8. The van der Waals surface area contributed by atoms with E-state index in [9.17, 15) is 4.79 Å². The number of anilines is 1. The number of aromatic nitrogens is 1. The molecule has 200 valence electrons. The Labute approximate surface area is 230 Å². The van der Waals surface area contributed by atoms with Gasteiger partial charge in [0.05, 0.1) is 43.3 Å². The molecule has 0 atom stereocenters. The second kappa shape index (κ2) is 13.4. The molecule has 1 fully saturated rings. The standard InChI is InChI=1S/C27H34BrN3O5S/c1-4-34-22-16-19(17-23(35-5-2)25(22)36-6-3)26(32)31(11-7-10-30-12-14-33-15-13-30)27-29-21-9-8-20(28)18-24(21)37-27/h8-9,16-18H,4-7,10-15H2,1-3H3. The highest BCUT2D eigenvalue weighted by atomic mass is 79.9. The molecule has 1 aromatic heterocycles. The smallest absolute Gasteiger partial charge is 0.260 e. The number of morpholine rings is 1. The topological polar surface area (TPSA) is 73.4 Å². The van der Waals surface area contributed by atoms with Crippen LogP contribution < -0.4 is 19.1 Å². The van der Waals surface area contributed by atoms with Gasteiger partial charge in [0.15, 0.2) is 16.6 Å². The normalized spacial score (nSPS) is 14.1. The van der Waals surface area contributed by atoms with Crippen LogP contribution in [0.1, 0.15) is 37.6 Å². The van der Waals surface area contributed by atoms with E-state index >= 15 is 0 Å². The fraction of sp³-hybridized carbons (Fsp3) is 0.481. The summed E-state index contributed by atoms with van der Waals surface area (Å²) in [6.45, 7) is 11.8. The first kappa shape index (κ1) is 27.6. The highest BCUT2D eigenvalue weighted by Crippen LogP contribution is 2.40.